The van der Waals surface area contributed by atoms with E-state index in [4.69, 9.17) is 0 Å². The summed E-state index contributed by atoms with van der Waals surface area (Å²) in [6.07, 6.45) is 1.24. The second-order valence-electron chi connectivity index (χ2n) is 4.98. The summed E-state index contributed by atoms with van der Waals surface area (Å²) in [5.74, 6) is 0.703. The molecule has 1 heteroatoms. The van der Waals surface area contributed by atoms with E-state index in [9.17, 15) is 0 Å². The first-order valence-electron chi connectivity index (χ1n) is 4.90. The number of allylic oxidation sites excluding steroid dienone is 1. The van der Waals surface area contributed by atoms with Crippen molar-refractivity contribution >= 4 is 0 Å². The lowest BCUT2D eigenvalue weighted by atomic mass is 9.86. The molecule has 1 rings (SSSR count). The zero-order valence-corrected chi connectivity index (χ0v) is 8.99. The zero-order valence-electron chi connectivity index (χ0n) is 8.99. The van der Waals surface area contributed by atoms with E-state index in [1.54, 1.807) is 5.57 Å². The molecule has 0 fully saturated rings. The minimum Gasteiger partial charge on any atom is -0.388 e. The fourth-order valence-electron chi connectivity index (χ4n) is 1.88. The van der Waals surface area contributed by atoms with E-state index in [-0.39, 0.29) is 0 Å². The Morgan fingerprint density at radius 2 is 1.83 bits per heavy atom. The van der Waals surface area contributed by atoms with Crippen molar-refractivity contribution in [3.8, 4) is 0 Å². The standard InChI is InChI=1S/C11H21N/c1-8(2)9-6-7-12-10(9)11(3,4)5/h8,12H,6-7H2,1-5H3. The van der Waals surface area contributed by atoms with Gasteiger partial charge in [-0.15, -0.1) is 0 Å². The Balaban J connectivity index is 2.92. The summed E-state index contributed by atoms with van der Waals surface area (Å²) in [5.41, 5.74) is 3.41. The normalized spacial score (nSPS) is 18.8. The highest BCUT2D eigenvalue weighted by Gasteiger charge is 2.25. The summed E-state index contributed by atoms with van der Waals surface area (Å²) in [7, 11) is 0. The van der Waals surface area contributed by atoms with Crippen LogP contribution in [0.4, 0.5) is 0 Å². The highest BCUT2D eigenvalue weighted by molar-refractivity contribution is 5.24. The zero-order chi connectivity index (χ0) is 9.35. The van der Waals surface area contributed by atoms with E-state index >= 15 is 0 Å². The second kappa shape index (κ2) is 3.12. The Bertz CT molecular complexity index is 194. The molecule has 1 aliphatic rings. The number of rotatable bonds is 1. The highest BCUT2D eigenvalue weighted by Crippen LogP contribution is 2.33. The van der Waals surface area contributed by atoms with Crippen molar-refractivity contribution in [2.75, 3.05) is 6.54 Å². The quantitative estimate of drug-likeness (QED) is 0.633. The van der Waals surface area contributed by atoms with Gasteiger partial charge in [0, 0.05) is 17.7 Å². The summed E-state index contributed by atoms with van der Waals surface area (Å²) in [6.45, 7) is 12.6. The molecule has 0 aromatic rings. The summed E-state index contributed by atoms with van der Waals surface area (Å²) in [6, 6.07) is 0. The molecule has 0 bridgehead atoms. The molecule has 12 heavy (non-hydrogen) atoms. The van der Waals surface area contributed by atoms with E-state index in [0.717, 1.165) is 6.54 Å². The van der Waals surface area contributed by atoms with Gasteiger partial charge in [0.05, 0.1) is 0 Å². The van der Waals surface area contributed by atoms with Crippen molar-refractivity contribution < 1.29 is 0 Å². The minimum atomic E-state index is 0.302. The van der Waals surface area contributed by atoms with Crippen molar-refractivity contribution in [1.29, 1.82) is 0 Å². The van der Waals surface area contributed by atoms with Crippen LogP contribution < -0.4 is 5.32 Å². The van der Waals surface area contributed by atoms with E-state index in [2.05, 4.69) is 39.9 Å². The number of nitrogens with one attached hydrogen (secondary N) is 1. The molecule has 0 saturated carbocycles. The van der Waals surface area contributed by atoms with Gasteiger partial charge in [-0.05, 0) is 17.9 Å². The van der Waals surface area contributed by atoms with Gasteiger partial charge >= 0.3 is 0 Å². The van der Waals surface area contributed by atoms with Crippen molar-refractivity contribution in [3.05, 3.63) is 11.3 Å². The third-order valence-electron chi connectivity index (χ3n) is 2.46. The highest BCUT2D eigenvalue weighted by atomic mass is 14.9. The molecular weight excluding hydrogens is 146 g/mol. The molecule has 0 aliphatic carbocycles. The molecule has 70 valence electrons. The van der Waals surface area contributed by atoms with Gasteiger partial charge in [0.25, 0.3) is 0 Å². The molecule has 0 aromatic heterocycles. The molecule has 0 spiro atoms. The van der Waals surface area contributed by atoms with E-state index < -0.39 is 0 Å². The van der Waals surface area contributed by atoms with Crippen LogP contribution in [-0.2, 0) is 0 Å². The molecule has 1 aliphatic heterocycles. The van der Waals surface area contributed by atoms with Crippen LogP contribution in [0, 0.1) is 11.3 Å². The largest absolute Gasteiger partial charge is 0.388 e. The molecule has 0 radical (unpaired) electrons. The molecule has 0 unspecified atom stereocenters. The van der Waals surface area contributed by atoms with Gasteiger partial charge < -0.3 is 5.32 Å². The van der Waals surface area contributed by atoms with Crippen molar-refractivity contribution in [2.45, 2.75) is 41.0 Å². The van der Waals surface area contributed by atoms with Crippen molar-refractivity contribution in [1.82, 2.24) is 5.32 Å². The molecule has 1 N–H and O–H groups in total. The lowest BCUT2D eigenvalue weighted by Crippen LogP contribution is -2.21. The smallest absolute Gasteiger partial charge is 0.0182 e. The lowest BCUT2D eigenvalue weighted by Gasteiger charge is -2.24. The average molecular weight is 167 g/mol. The molecule has 0 aromatic carbocycles. The van der Waals surface area contributed by atoms with Crippen LogP contribution in [-0.4, -0.2) is 6.54 Å². The van der Waals surface area contributed by atoms with Gasteiger partial charge in [-0.1, -0.05) is 34.6 Å². The van der Waals surface area contributed by atoms with Gasteiger partial charge in [0.15, 0.2) is 0 Å². The molecule has 0 saturated heterocycles. The Morgan fingerprint density at radius 1 is 1.25 bits per heavy atom. The maximum Gasteiger partial charge on any atom is 0.0182 e. The van der Waals surface area contributed by atoms with Gasteiger partial charge in [0.2, 0.25) is 0 Å². The van der Waals surface area contributed by atoms with Crippen LogP contribution in [0.25, 0.3) is 0 Å². The summed E-state index contributed by atoms with van der Waals surface area (Å²) >= 11 is 0. The predicted molar refractivity (Wildman–Crippen MR) is 53.9 cm³/mol. The average Bonchev–Trinajstić information content (AvgIpc) is 2.30. The fraction of sp³-hybridized carbons (Fsp3) is 0.818. The molecule has 0 atom stereocenters. The maximum absolute atomic E-state index is 3.51. The Kier molecular flexibility index (Phi) is 2.50. The monoisotopic (exact) mass is 167 g/mol. The maximum atomic E-state index is 3.51. The van der Waals surface area contributed by atoms with E-state index in [1.807, 2.05) is 0 Å². The van der Waals surface area contributed by atoms with Crippen LogP contribution in [0.15, 0.2) is 11.3 Å². The second-order valence-corrected chi connectivity index (χ2v) is 4.98. The third-order valence-corrected chi connectivity index (χ3v) is 2.46. The van der Waals surface area contributed by atoms with Crippen LogP contribution in [0.5, 0.6) is 0 Å². The van der Waals surface area contributed by atoms with Crippen molar-refractivity contribution in [2.24, 2.45) is 11.3 Å². The summed E-state index contributed by atoms with van der Waals surface area (Å²) < 4.78 is 0. The van der Waals surface area contributed by atoms with Crippen LogP contribution in [0.3, 0.4) is 0 Å². The first-order chi connectivity index (χ1) is 5.43. The molecular formula is C11H21N. The first-order valence-corrected chi connectivity index (χ1v) is 4.90. The van der Waals surface area contributed by atoms with Gasteiger partial charge in [-0.2, -0.15) is 0 Å². The fourth-order valence-corrected chi connectivity index (χ4v) is 1.88. The first kappa shape index (κ1) is 9.63. The topological polar surface area (TPSA) is 12.0 Å². The number of hydrogen-bond acceptors (Lipinski definition) is 1. The molecule has 0 amide bonds. The predicted octanol–water partition coefficient (Wildman–Crippen LogP) is 2.94. The lowest BCUT2D eigenvalue weighted by molar-refractivity contribution is 0.466. The van der Waals surface area contributed by atoms with Crippen LogP contribution in [0.1, 0.15) is 41.0 Å². The van der Waals surface area contributed by atoms with Crippen LogP contribution >= 0.6 is 0 Å². The van der Waals surface area contributed by atoms with Crippen LogP contribution in [0.2, 0.25) is 0 Å². The third kappa shape index (κ3) is 1.82. The summed E-state index contributed by atoms with van der Waals surface area (Å²) in [4.78, 5) is 0. The van der Waals surface area contributed by atoms with Gasteiger partial charge in [-0.3, -0.25) is 0 Å². The van der Waals surface area contributed by atoms with Crippen molar-refractivity contribution in [3.63, 3.8) is 0 Å². The van der Waals surface area contributed by atoms with Gasteiger partial charge in [0.1, 0.15) is 0 Å². The summed E-state index contributed by atoms with van der Waals surface area (Å²) in [5, 5.41) is 3.51. The van der Waals surface area contributed by atoms with E-state index in [0.29, 0.717) is 11.3 Å². The Labute approximate surface area is 76.2 Å². The number of hydrogen-bond donors (Lipinski definition) is 1. The minimum absolute atomic E-state index is 0.302. The molecule has 1 heterocycles. The van der Waals surface area contributed by atoms with E-state index in [1.165, 1.54) is 12.1 Å². The van der Waals surface area contributed by atoms with Gasteiger partial charge in [-0.25, -0.2) is 0 Å². The SMILES string of the molecule is CC(C)C1=C(C(C)(C)C)NCC1. The Hall–Kier alpha value is -0.460. The molecule has 1 nitrogen and oxygen atoms in total. The Morgan fingerprint density at radius 3 is 2.17 bits per heavy atom.